The molecule has 2 aliphatic rings. The molecule has 31 heavy (non-hydrogen) atoms. The lowest BCUT2D eigenvalue weighted by atomic mass is 10.2. The minimum absolute atomic E-state index is 0.0452. The molecular weight excluding hydrogens is 420 g/mol. The molecule has 0 aromatic heterocycles. The van der Waals surface area contributed by atoms with E-state index in [9.17, 15) is 18.0 Å². The molecule has 8 nitrogen and oxygen atoms in total. The zero-order chi connectivity index (χ0) is 21.8. The number of sulfonamides is 1. The largest absolute Gasteiger partial charge is 0.457 e. The normalized spacial score (nSPS) is 17.7. The van der Waals surface area contributed by atoms with Crippen LogP contribution in [0.4, 0.5) is 5.69 Å². The van der Waals surface area contributed by atoms with Gasteiger partial charge in [0, 0.05) is 31.7 Å². The second kappa shape index (κ2) is 9.17. The van der Waals surface area contributed by atoms with Crippen molar-refractivity contribution in [2.24, 2.45) is 0 Å². The van der Waals surface area contributed by atoms with Crippen molar-refractivity contribution in [2.75, 3.05) is 37.7 Å². The quantitative estimate of drug-likeness (QED) is 0.634. The van der Waals surface area contributed by atoms with Crippen molar-refractivity contribution in [2.45, 2.75) is 24.3 Å². The lowest BCUT2D eigenvalue weighted by Gasteiger charge is -2.26. The van der Waals surface area contributed by atoms with E-state index in [1.165, 1.54) is 16.4 Å². The van der Waals surface area contributed by atoms with Crippen LogP contribution in [-0.2, 0) is 30.9 Å². The highest BCUT2D eigenvalue weighted by molar-refractivity contribution is 7.89. The molecule has 0 bridgehead atoms. The second-order valence-corrected chi connectivity index (χ2v) is 9.38. The van der Waals surface area contributed by atoms with Crippen molar-refractivity contribution in [3.63, 3.8) is 0 Å². The second-order valence-electron chi connectivity index (χ2n) is 7.44. The summed E-state index contributed by atoms with van der Waals surface area (Å²) in [6, 6.07) is 13.2. The number of anilines is 1. The number of nitrogens with zero attached hydrogens (tertiary/aromatic N) is 2. The summed E-state index contributed by atoms with van der Waals surface area (Å²) in [5.41, 5.74) is 1.60. The van der Waals surface area contributed by atoms with Crippen LogP contribution in [0.2, 0.25) is 0 Å². The van der Waals surface area contributed by atoms with Crippen LogP contribution in [0.5, 0.6) is 0 Å². The first-order chi connectivity index (χ1) is 14.9. The number of hydrogen-bond donors (Lipinski definition) is 0. The molecule has 0 aliphatic carbocycles. The van der Waals surface area contributed by atoms with Gasteiger partial charge in [0.15, 0.2) is 0 Å². The smallest absolute Gasteiger partial charge is 0.338 e. The van der Waals surface area contributed by atoms with E-state index in [0.717, 1.165) is 6.42 Å². The van der Waals surface area contributed by atoms with Crippen molar-refractivity contribution in [3.8, 4) is 0 Å². The topological polar surface area (TPSA) is 93.2 Å². The van der Waals surface area contributed by atoms with Gasteiger partial charge < -0.3 is 14.4 Å². The van der Waals surface area contributed by atoms with E-state index >= 15 is 0 Å². The zero-order valence-corrected chi connectivity index (χ0v) is 17.8. The minimum atomic E-state index is -3.62. The van der Waals surface area contributed by atoms with Gasteiger partial charge in [0.05, 0.1) is 23.7 Å². The lowest BCUT2D eigenvalue weighted by molar-refractivity contribution is -0.117. The average molecular weight is 445 g/mol. The molecule has 164 valence electrons. The predicted molar refractivity (Wildman–Crippen MR) is 113 cm³/mol. The highest BCUT2D eigenvalue weighted by atomic mass is 32.2. The average Bonchev–Trinajstić information content (AvgIpc) is 3.24. The molecule has 4 rings (SSSR count). The Morgan fingerprint density at radius 2 is 1.81 bits per heavy atom. The van der Waals surface area contributed by atoms with E-state index in [4.69, 9.17) is 9.47 Å². The summed E-state index contributed by atoms with van der Waals surface area (Å²) >= 11 is 0. The maximum atomic E-state index is 12.8. The van der Waals surface area contributed by atoms with Crippen LogP contribution in [0.1, 0.15) is 28.8 Å². The zero-order valence-electron chi connectivity index (χ0n) is 17.0. The summed E-state index contributed by atoms with van der Waals surface area (Å²) in [6.07, 6.45) is 1.32. The first kappa shape index (κ1) is 21.5. The third-order valence-electron chi connectivity index (χ3n) is 5.34. The van der Waals surface area contributed by atoms with E-state index in [-0.39, 0.29) is 17.4 Å². The molecule has 2 aromatic rings. The summed E-state index contributed by atoms with van der Waals surface area (Å²) in [5.74, 6) is -0.487. The van der Waals surface area contributed by atoms with Gasteiger partial charge in [0.25, 0.3) is 0 Å². The van der Waals surface area contributed by atoms with Gasteiger partial charge in [-0.05, 0) is 42.3 Å². The van der Waals surface area contributed by atoms with Crippen LogP contribution in [0.15, 0.2) is 53.4 Å². The summed E-state index contributed by atoms with van der Waals surface area (Å²) in [6.45, 7) is 1.96. The summed E-state index contributed by atoms with van der Waals surface area (Å²) in [4.78, 5) is 26.3. The van der Waals surface area contributed by atoms with Gasteiger partial charge in [0.2, 0.25) is 15.9 Å². The van der Waals surface area contributed by atoms with Crippen LogP contribution in [0.25, 0.3) is 0 Å². The molecule has 0 saturated carbocycles. The summed E-state index contributed by atoms with van der Waals surface area (Å²) < 4.78 is 37.7. The Hall–Kier alpha value is -2.75. The van der Waals surface area contributed by atoms with E-state index in [1.54, 1.807) is 41.3 Å². The third-order valence-corrected chi connectivity index (χ3v) is 7.24. The molecule has 2 aliphatic heterocycles. The molecule has 2 heterocycles. The summed E-state index contributed by atoms with van der Waals surface area (Å²) in [5, 5.41) is 0. The Kier molecular flexibility index (Phi) is 6.35. The molecule has 2 fully saturated rings. The monoisotopic (exact) mass is 444 g/mol. The van der Waals surface area contributed by atoms with Crippen molar-refractivity contribution in [3.05, 3.63) is 59.7 Å². The number of morpholine rings is 1. The molecule has 0 atom stereocenters. The van der Waals surface area contributed by atoms with Crippen molar-refractivity contribution < 1.29 is 27.5 Å². The van der Waals surface area contributed by atoms with Crippen LogP contribution in [0, 0.1) is 0 Å². The Morgan fingerprint density at radius 3 is 2.55 bits per heavy atom. The van der Waals surface area contributed by atoms with Gasteiger partial charge in [-0.25, -0.2) is 13.2 Å². The number of hydrogen-bond acceptors (Lipinski definition) is 6. The molecule has 0 spiro atoms. The molecule has 2 saturated heterocycles. The first-order valence-electron chi connectivity index (χ1n) is 10.2. The standard InChI is InChI=1S/C22H24N2O6S/c25-21-8-3-9-24(21)19-6-2-5-18(15-19)22(26)30-16-17-4-1-7-20(14-17)31(27,28)23-10-12-29-13-11-23/h1-2,4-7,14-15H,3,8-13,16H2. The van der Waals surface area contributed by atoms with Crippen LogP contribution >= 0.6 is 0 Å². The first-order valence-corrected chi connectivity index (χ1v) is 11.6. The van der Waals surface area contributed by atoms with E-state index in [2.05, 4.69) is 0 Å². The summed E-state index contributed by atoms with van der Waals surface area (Å²) in [7, 11) is -3.62. The third kappa shape index (κ3) is 4.79. The fourth-order valence-corrected chi connectivity index (χ4v) is 5.16. The number of esters is 1. The Morgan fingerprint density at radius 1 is 1.03 bits per heavy atom. The predicted octanol–water partition coefficient (Wildman–Crippen LogP) is 2.19. The number of amides is 1. The fourth-order valence-electron chi connectivity index (χ4n) is 3.69. The molecule has 0 N–H and O–H groups in total. The number of rotatable bonds is 6. The van der Waals surface area contributed by atoms with E-state index < -0.39 is 16.0 Å². The number of ether oxygens (including phenoxy) is 2. The highest BCUT2D eigenvalue weighted by Crippen LogP contribution is 2.23. The Balaban J connectivity index is 1.43. The van der Waals surface area contributed by atoms with Crippen molar-refractivity contribution in [1.29, 1.82) is 0 Å². The van der Waals surface area contributed by atoms with Gasteiger partial charge in [0.1, 0.15) is 6.61 Å². The number of benzene rings is 2. The van der Waals surface area contributed by atoms with E-state index in [1.807, 2.05) is 0 Å². The molecule has 2 aromatic carbocycles. The Bertz CT molecular complexity index is 1080. The number of carbonyl (C=O) groups is 2. The maximum absolute atomic E-state index is 12.8. The molecule has 0 radical (unpaired) electrons. The highest BCUT2D eigenvalue weighted by Gasteiger charge is 2.26. The number of carbonyl (C=O) groups excluding carboxylic acids is 2. The van der Waals surface area contributed by atoms with Gasteiger partial charge in [-0.15, -0.1) is 0 Å². The SMILES string of the molecule is O=C(OCc1cccc(S(=O)(=O)N2CCOCC2)c1)c1cccc(N2CCCC2=O)c1. The van der Waals surface area contributed by atoms with Crippen LogP contribution < -0.4 is 4.90 Å². The van der Waals surface area contributed by atoms with Crippen LogP contribution in [-0.4, -0.2) is 57.4 Å². The van der Waals surface area contributed by atoms with Crippen LogP contribution in [0.3, 0.4) is 0 Å². The maximum Gasteiger partial charge on any atom is 0.338 e. The van der Waals surface area contributed by atoms with Gasteiger partial charge >= 0.3 is 5.97 Å². The fraction of sp³-hybridized carbons (Fsp3) is 0.364. The van der Waals surface area contributed by atoms with E-state index in [0.29, 0.717) is 56.1 Å². The Labute approximate surface area is 181 Å². The molecule has 0 unspecified atom stereocenters. The van der Waals surface area contributed by atoms with Gasteiger partial charge in [-0.1, -0.05) is 18.2 Å². The van der Waals surface area contributed by atoms with Crippen molar-refractivity contribution >= 4 is 27.6 Å². The minimum Gasteiger partial charge on any atom is -0.457 e. The van der Waals surface area contributed by atoms with Crippen molar-refractivity contribution in [1.82, 2.24) is 4.31 Å². The molecule has 9 heteroatoms. The lowest BCUT2D eigenvalue weighted by Crippen LogP contribution is -2.40. The van der Waals surface area contributed by atoms with Gasteiger partial charge in [-0.3, -0.25) is 4.79 Å². The van der Waals surface area contributed by atoms with Gasteiger partial charge in [-0.2, -0.15) is 4.31 Å². The molecule has 1 amide bonds. The molecular formula is C22H24N2O6S.